The molecule has 0 saturated carbocycles. The first kappa shape index (κ1) is 20.1. The smallest absolute Gasteiger partial charge is 0.328 e. The van der Waals surface area contributed by atoms with Gasteiger partial charge in [-0.2, -0.15) is 0 Å². The van der Waals surface area contributed by atoms with Gasteiger partial charge in [-0.25, -0.2) is 4.79 Å². The Morgan fingerprint density at radius 2 is 2.04 bits per heavy atom. The first-order valence-electron chi connectivity index (χ1n) is 7.69. The van der Waals surface area contributed by atoms with E-state index < -0.39 is 23.2 Å². The van der Waals surface area contributed by atoms with E-state index in [1.54, 1.807) is 12.1 Å². The number of amides is 2. The third-order valence-electron chi connectivity index (χ3n) is 3.59. The SMILES string of the molecule is CCOc1c(Cl)cc(/C=C2/SC(=O)N([C@@H](C)C(=O)OC)C2=O)cc1OC. The Morgan fingerprint density at radius 3 is 2.62 bits per heavy atom. The minimum absolute atomic E-state index is 0.174. The largest absolute Gasteiger partial charge is 0.493 e. The van der Waals surface area contributed by atoms with Gasteiger partial charge in [0.15, 0.2) is 11.5 Å². The van der Waals surface area contributed by atoms with Crippen LogP contribution in [0.1, 0.15) is 19.4 Å². The molecule has 1 aromatic rings. The zero-order chi connectivity index (χ0) is 19.4. The van der Waals surface area contributed by atoms with Gasteiger partial charge in [-0.3, -0.25) is 14.5 Å². The van der Waals surface area contributed by atoms with Gasteiger partial charge in [0.1, 0.15) is 6.04 Å². The van der Waals surface area contributed by atoms with E-state index in [1.807, 2.05) is 6.92 Å². The Labute approximate surface area is 160 Å². The fraction of sp³-hybridized carbons (Fsp3) is 0.353. The maximum absolute atomic E-state index is 12.5. The lowest BCUT2D eigenvalue weighted by Gasteiger charge is -2.18. The molecule has 1 heterocycles. The molecule has 1 aromatic carbocycles. The standard InChI is InChI=1S/C17H18ClNO6S/c1-5-25-14-11(18)6-10(7-12(14)23-3)8-13-15(20)19(17(22)26-13)9(2)16(21)24-4/h6-9H,5H2,1-4H3/b13-8+/t9-/m0/s1. The lowest BCUT2D eigenvalue weighted by Crippen LogP contribution is -2.42. The Balaban J connectivity index is 2.36. The third-order valence-corrected chi connectivity index (χ3v) is 4.76. The van der Waals surface area contributed by atoms with Crippen molar-refractivity contribution in [3.05, 3.63) is 27.6 Å². The highest BCUT2D eigenvalue weighted by atomic mass is 35.5. The summed E-state index contributed by atoms with van der Waals surface area (Å²) in [7, 11) is 2.67. The van der Waals surface area contributed by atoms with Crippen LogP contribution in [0.4, 0.5) is 4.79 Å². The summed E-state index contributed by atoms with van der Waals surface area (Å²) in [5, 5.41) is -0.220. The summed E-state index contributed by atoms with van der Waals surface area (Å²) >= 11 is 6.96. The fourth-order valence-electron chi connectivity index (χ4n) is 2.35. The van der Waals surface area contributed by atoms with Crippen molar-refractivity contribution >= 4 is 46.6 Å². The highest BCUT2D eigenvalue weighted by Crippen LogP contribution is 2.39. The molecule has 140 valence electrons. The number of carbonyl (C=O) groups is 3. The predicted octanol–water partition coefficient (Wildman–Crippen LogP) is 3.35. The topological polar surface area (TPSA) is 82.1 Å². The van der Waals surface area contributed by atoms with E-state index in [-0.39, 0.29) is 4.91 Å². The monoisotopic (exact) mass is 399 g/mol. The third kappa shape index (κ3) is 3.96. The maximum Gasteiger partial charge on any atom is 0.328 e. The second-order valence-electron chi connectivity index (χ2n) is 5.22. The molecule has 2 rings (SSSR count). The zero-order valence-electron chi connectivity index (χ0n) is 14.7. The molecule has 2 amide bonds. The number of nitrogens with zero attached hydrogens (tertiary/aromatic N) is 1. The highest BCUT2D eigenvalue weighted by molar-refractivity contribution is 8.18. The molecular weight excluding hydrogens is 382 g/mol. The van der Waals surface area contributed by atoms with E-state index in [0.29, 0.717) is 28.7 Å². The van der Waals surface area contributed by atoms with Gasteiger partial charge in [0.05, 0.1) is 30.8 Å². The van der Waals surface area contributed by atoms with Gasteiger partial charge in [0.2, 0.25) is 0 Å². The van der Waals surface area contributed by atoms with E-state index in [0.717, 1.165) is 16.7 Å². The van der Waals surface area contributed by atoms with Crippen LogP contribution in [0.5, 0.6) is 11.5 Å². The first-order valence-corrected chi connectivity index (χ1v) is 8.88. The van der Waals surface area contributed by atoms with Crippen molar-refractivity contribution < 1.29 is 28.6 Å². The lowest BCUT2D eigenvalue weighted by molar-refractivity contribution is -0.148. The summed E-state index contributed by atoms with van der Waals surface area (Å²) in [4.78, 5) is 37.3. The van der Waals surface area contributed by atoms with E-state index in [1.165, 1.54) is 27.2 Å². The number of carbonyl (C=O) groups excluding carboxylic acids is 3. The van der Waals surface area contributed by atoms with Crippen LogP contribution >= 0.6 is 23.4 Å². The molecular formula is C17H18ClNO6S. The van der Waals surface area contributed by atoms with E-state index >= 15 is 0 Å². The van der Waals surface area contributed by atoms with Crippen LogP contribution < -0.4 is 9.47 Å². The minimum Gasteiger partial charge on any atom is -0.493 e. The minimum atomic E-state index is -1.00. The summed E-state index contributed by atoms with van der Waals surface area (Å²) in [6.07, 6.45) is 1.51. The van der Waals surface area contributed by atoms with E-state index in [9.17, 15) is 14.4 Å². The summed E-state index contributed by atoms with van der Waals surface area (Å²) in [6, 6.07) is 2.25. The Bertz CT molecular complexity index is 779. The molecule has 0 unspecified atom stereocenters. The Morgan fingerprint density at radius 1 is 1.35 bits per heavy atom. The van der Waals surface area contributed by atoms with Crippen LogP contribution in [0.3, 0.4) is 0 Å². The van der Waals surface area contributed by atoms with Gasteiger partial charge in [0, 0.05) is 0 Å². The molecule has 1 aliphatic heterocycles. The number of thioether (sulfide) groups is 1. The van der Waals surface area contributed by atoms with E-state index in [4.69, 9.17) is 21.1 Å². The van der Waals surface area contributed by atoms with Crippen LogP contribution in [0, 0.1) is 0 Å². The summed E-state index contributed by atoms with van der Waals surface area (Å²) in [5.41, 5.74) is 0.562. The van der Waals surface area contributed by atoms with Gasteiger partial charge in [-0.05, 0) is 49.4 Å². The van der Waals surface area contributed by atoms with Crippen molar-refractivity contribution in [1.29, 1.82) is 0 Å². The molecule has 0 aromatic heterocycles. The Hall–Kier alpha value is -2.19. The van der Waals surface area contributed by atoms with Crippen molar-refractivity contribution in [2.24, 2.45) is 0 Å². The lowest BCUT2D eigenvalue weighted by atomic mass is 10.1. The fourth-order valence-corrected chi connectivity index (χ4v) is 3.53. The molecule has 7 nitrogen and oxygen atoms in total. The number of esters is 1. The van der Waals surface area contributed by atoms with E-state index in [2.05, 4.69) is 4.74 Å². The maximum atomic E-state index is 12.5. The van der Waals surface area contributed by atoms with Crippen molar-refractivity contribution in [3.63, 3.8) is 0 Å². The van der Waals surface area contributed by atoms with Crippen LogP contribution in [0.2, 0.25) is 5.02 Å². The second-order valence-corrected chi connectivity index (χ2v) is 6.62. The van der Waals surface area contributed by atoms with Crippen LogP contribution in [-0.2, 0) is 14.3 Å². The highest BCUT2D eigenvalue weighted by Gasteiger charge is 2.41. The molecule has 26 heavy (non-hydrogen) atoms. The van der Waals surface area contributed by atoms with Crippen molar-refractivity contribution in [2.45, 2.75) is 19.9 Å². The molecule has 0 aliphatic carbocycles. The molecule has 9 heteroatoms. The summed E-state index contributed by atoms with van der Waals surface area (Å²) < 4.78 is 15.3. The second kappa shape index (κ2) is 8.46. The van der Waals surface area contributed by atoms with Gasteiger partial charge < -0.3 is 14.2 Å². The Kier molecular flexibility index (Phi) is 6.55. The molecule has 1 atom stereocenters. The summed E-state index contributed by atoms with van der Waals surface area (Å²) in [5.74, 6) is -0.421. The first-order chi connectivity index (χ1) is 12.3. The van der Waals surface area contributed by atoms with Crippen LogP contribution in [-0.4, -0.2) is 48.9 Å². The zero-order valence-corrected chi connectivity index (χ0v) is 16.3. The van der Waals surface area contributed by atoms with Crippen molar-refractivity contribution in [2.75, 3.05) is 20.8 Å². The number of hydrogen-bond donors (Lipinski definition) is 0. The van der Waals surface area contributed by atoms with Gasteiger partial charge in [-0.15, -0.1) is 0 Å². The quantitative estimate of drug-likeness (QED) is 0.535. The number of methoxy groups -OCH3 is 2. The average Bonchev–Trinajstić information content (AvgIpc) is 2.89. The number of imide groups is 1. The average molecular weight is 400 g/mol. The van der Waals surface area contributed by atoms with Gasteiger partial charge in [-0.1, -0.05) is 11.6 Å². The number of halogens is 1. The number of benzene rings is 1. The van der Waals surface area contributed by atoms with Gasteiger partial charge >= 0.3 is 5.97 Å². The van der Waals surface area contributed by atoms with Crippen molar-refractivity contribution in [1.82, 2.24) is 4.90 Å². The van der Waals surface area contributed by atoms with Gasteiger partial charge in [0.25, 0.3) is 11.1 Å². The normalized spacial score (nSPS) is 16.8. The number of rotatable bonds is 6. The van der Waals surface area contributed by atoms with Crippen molar-refractivity contribution in [3.8, 4) is 11.5 Å². The predicted molar refractivity (Wildman–Crippen MR) is 98.5 cm³/mol. The number of ether oxygens (including phenoxy) is 3. The molecule has 1 aliphatic rings. The summed E-state index contributed by atoms with van der Waals surface area (Å²) in [6.45, 7) is 3.67. The van der Waals surface area contributed by atoms with Crippen LogP contribution in [0.15, 0.2) is 17.0 Å². The molecule has 1 saturated heterocycles. The molecule has 0 radical (unpaired) electrons. The molecule has 1 fully saturated rings. The molecule has 0 bridgehead atoms. The van der Waals surface area contributed by atoms with Crippen LogP contribution in [0.25, 0.3) is 6.08 Å². The number of hydrogen-bond acceptors (Lipinski definition) is 7. The molecule has 0 spiro atoms. The molecule has 0 N–H and O–H groups in total.